The predicted octanol–water partition coefficient (Wildman–Crippen LogP) is 3.23. The maximum absolute atomic E-state index is 12.7. The summed E-state index contributed by atoms with van der Waals surface area (Å²) in [5.41, 5.74) is 9.67. The third kappa shape index (κ3) is 6.33. The van der Waals surface area contributed by atoms with Crippen LogP contribution in [0.3, 0.4) is 0 Å². The maximum atomic E-state index is 12.7. The van der Waals surface area contributed by atoms with Crippen LogP contribution in [-0.2, 0) is 14.3 Å². The van der Waals surface area contributed by atoms with Crippen molar-refractivity contribution in [2.75, 3.05) is 19.8 Å². The highest BCUT2D eigenvalue weighted by atomic mass is 35.5. The van der Waals surface area contributed by atoms with Gasteiger partial charge >= 0.3 is 5.97 Å². The van der Waals surface area contributed by atoms with Gasteiger partial charge in [0.2, 0.25) is 5.91 Å². The Morgan fingerprint density at radius 1 is 1.29 bits per heavy atom. The molecule has 11 heteroatoms. The van der Waals surface area contributed by atoms with Crippen molar-refractivity contribution in [2.45, 2.75) is 39.7 Å². The van der Waals surface area contributed by atoms with Crippen molar-refractivity contribution in [3.63, 3.8) is 0 Å². The molecule has 1 aliphatic rings. The quantitative estimate of drug-likeness (QED) is 0.229. The number of hydrogen-bond acceptors (Lipinski definition) is 6. The molecule has 1 atom stereocenters. The first kappa shape index (κ1) is 26.5. The number of carbonyl (C=O) groups excluding carboxylic acids is 1. The summed E-state index contributed by atoms with van der Waals surface area (Å²) in [6.07, 6.45) is -0.148. The minimum absolute atomic E-state index is 0.0538. The molecule has 0 radical (unpaired) electrons. The Labute approximate surface area is 212 Å². The van der Waals surface area contributed by atoms with E-state index in [1.165, 1.54) is 11.3 Å². The van der Waals surface area contributed by atoms with Crippen LogP contribution in [0.5, 0.6) is 0 Å². The van der Waals surface area contributed by atoms with Crippen LogP contribution in [0.15, 0.2) is 29.3 Å². The number of nitrogens with one attached hydrogen (secondary N) is 2. The van der Waals surface area contributed by atoms with Gasteiger partial charge in [0.25, 0.3) is 5.84 Å². The number of benzene rings is 1. The number of carbonyl (C=O) groups is 2. The van der Waals surface area contributed by atoms with E-state index in [1.54, 1.807) is 23.6 Å². The molecule has 1 amide bonds. The van der Waals surface area contributed by atoms with Gasteiger partial charge in [0.05, 0.1) is 37.3 Å². The third-order valence-corrected chi connectivity index (χ3v) is 6.97. The lowest BCUT2D eigenvalue weighted by molar-refractivity contribution is -0.309. The number of carboxylic acids is 1. The average molecular weight is 519 g/mol. The number of fused-ring (bicyclic) bond motifs is 1. The molecule has 0 saturated carbocycles. The first-order valence-corrected chi connectivity index (χ1v) is 12.3. The summed E-state index contributed by atoms with van der Waals surface area (Å²) in [7, 11) is 0. The van der Waals surface area contributed by atoms with Gasteiger partial charge in [-0.1, -0.05) is 23.7 Å². The van der Waals surface area contributed by atoms with Crippen molar-refractivity contribution in [1.82, 2.24) is 5.32 Å². The normalized spacial score (nSPS) is 16.9. The summed E-state index contributed by atoms with van der Waals surface area (Å²) in [6.45, 7) is 6.25. The van der Waals surface area contributed by atoms with Crippen LogP contribution in [0.1, 0.15) is 41.3 Å². The topological polar surface area (TPSA) is 141 Å². The third-order valence-electron chi connectivity index (χ3n) is 5.53. The number of rotatable bonds is 9. The molecule has 1 aliphatic heterocycles. The number of thiophene rings is 1. The van der Waals surface area contributed by atoms with E-state index in [-0.39, 0.29) is 44.3 Å². The predicted molar refractivity (Wildman–Crippen MR) is 138 cm³/mol. The molecular weight excluding hydrogens is 490 g/mol. The van der Waals surface area contributed by atoms with E-state index in [4.69, 9.17) is 37.6 Å². The number of ether oxygens (including phenoxy) is 1. The van der Waals surface area contributed by atoms with Crippen LogP contribution in [0.2, 0.25) is 5.02 Å². The molecule has 1 aromatic heterocycles. The molecule has 9 nitrogen and oxygen atoms in total. The largest absolute Gasteiger partial charge is 0.481 e. The molecule has 0 spiro atoms. The zero-order valence-electron chi connectivity index (χ0n) is 19.9. The molecular formula is C24H29ClN5O4S+. The fourth-order valence-corrected chi connectivity index (χ4v) is 5.03. The van der Waals surface area contributed by atoms with Gasteiger partial charge in [-0.25, -0.2) is 0 Å². The first-order chi connectivity index (χ1) is 16.6. The van der Waals surface area contributed by atoms with Crippen LogP contribution >= 0.6 is 22.9 Å². The van der Waals surface area contributed by atoms with E-state index in [9.17, 15) is 9.59 Å². The summed E-state index contributed by atoms with van der Waals surface area (Å²) in [6, 6.07) is 6.55. The van der Waals surface area contributed by atoms with Gasteiger partial charge in [-0.2, -0.15) is 9.98 Å². The Morgan fingerprint density at radius 2 is 1.97 bits per heavy atom. The number of halogens is 1. The Bertz CT molecular complexity index is 1200. The van der Waals surface area contributed by atoms with Gasteiger partial charge in [0.1, 0.15) is 6.04 Å². The van der Waals surface area contributed by atoms with Crippen molar-refractivity contribution in [3.05, 3.63) is 50.9 Å². The SMILES string of the molecule is C/C(N)=[N+]1/C(=N)[C@H](CC(=O)NCCOCCC(=O)O)N=C(c2ccc(Cl)cc2)c2c1sc(C)c2C. The monoisotopic (exact) mass is 518 g/mol. The second-order valence-corrected chi connectivity index (χ2v) is 9.78. The Balaban J connectivity index is 1.91. The number of nitrogens with zero attached hydrogens (tertiary/aromatic N) is 2. The van der Waals surface area contributed by atoms with Gasteiger partial charge in [-0.15, -0.1) is 11.3 Å². The first-order valence-electron chi connectivity index (χ1n) is 11.1. The van der Waals surface area contributed by atoms with Crippen molar-refractivity contribution in [2.24, 2.45) is 10.7 Å². The fraction of sp³-hybridized carbons (Fsp3) is 0.375. The Kier molecular flexibility index (Phi) is 8.76. The Hall–Kier alpha value is -3.08. The zero-order valence-corrected chi connectivity index (χ0v) is 21.4. The summed E-state index contributed by atoms with van der Waals surface area (Å²) < 4.78 is 6.88. The number of amides is 1. The molecule has 186 valence electrons. The minimum Gasteiger partial charge on any atom is -0.481 e. The van der Waals surface area contributed by atoms with Crippen molar-refractivity contribution < 1.29 is 24.0 Å². The highest BCUT2D eigenvalue weighted by molar-refractivity contribution is 7.16. The molecule has 0 unspecified atom stereocenters. The number of aliphatic carboxylic acids is 1. The fourth-order valence-electron chi connectivity index (χ4n) is 3.68. The number of aryl methyl sites for hydroxylation is 1. The van der Waals surface area contributed by atoms with Gasteiger partial charge < -0.3 is 20.9 Å². The van der Waals surface area contributed by atoms with E-state index in [2.05, 4.69) is 5.32 Å². The van der Waals surface area contributed by atoms with E-state index in [1.807, 2.05) is 26.0 Å². The Morgan fingerprint density at radius 3 is 2.60 bits per heavy atom. The van der Waals surface area contributed by atoms with E-state index in [0.29, 0.717) is 16.6 Å². The van der Waals surface area contributed by atoms with E-state index < -0.39 is 12.0 Å². The van der Waals surface area contributed by atoms with Crippen LogP contribution < -0.4 is 11.1 Å². The smallest absolute Gasteiger partial charge is 0.305 e. The molecule has 3 rings (SSSR count). The van der Waals surface area contributed by atoms with Crippen LogP contribution in [0.25, 0.3) is 0 Å². The van der Waals surface area contributed by atoms with Crippen LogP contribution in [0, 0.1) is 19.3 Å². The summed E-state index contributed by atoms with van der Waals surface area (Å²) in [5.74, 6) is -0.703. The molecule has 0 fully saturated rings. The van der Waals surface area contributed by atoms with Crippen molar-refractivity contribution in [3.8, 4) is 0 Å². The lowest BCUT2D eigenvalue weighted by Crippen LogP contribution is -2.37. The van der Waals surface area contributed by atoms with Crippen molar-refractivity contribution >= 4 is 57.2 Å². The highest BCUT2D eigenvalue weighted by Crippen LogP contribution is 2.39. The van der Waals surface area contributed by atoms with Crippen LogP contribution in [-0.4, -0.2) is 64.7 Å². The molecule has 0 bridgehead atoms. The van der Waals surface area contributed by atoms with Gasteiger partial charge in [-0.05, 0) is 31.5 Å². The molecule has 0 aliphatic carbocycles. The second-order valence-electron chi connectivity index (χ2n) is 8.14. The van der Waals surface area contributed by atoms with E-state index >= 15 is 0 Å². The minimum atomic E-state index is -0.939. The molecule has 1 aromatic carbocycles. The summed E-state index contributed by atoms with van der Waals surface area (Å²) >= 11 is 7.64. The summed E-state index contributed by atoms with van der Waals surface area (Å²) in [5, 5.41) is 21.7. The van der Waals surface area contributed by atoms with Gasteiger partial charge in [-0.3, -0.25) is 14.6 Å². The van der Waals surface area contributed by atoms with Gasteiger partial charge in [0, 0.05) is 28.9 Å². The molecule has 35 heavy (non-hydrogen) atoms. The number of nitrogens with two attached hydrogens (primary N) is 1. The molecule has 5 N–H and O–H groups in total. The molecule has 2 aromatic rings. The highest BCUT2D eigenvalue weighted by Gasteiger charge is 2.36. The molecule has 0 saturated heterocycles. The lowest BCUT2D eigenvalue weighted by Gasteiger charge is -2.13. The van der Waals surface area contributed by atoms with E-state index in [0.717, 1.165) is 26.6 Å². The molecule has 2 heterocycles. The van der Waals surface area contributed by atoms with Crippen LogP contribution in [0.4, 0.5) is 5.00 Å². The number of amidine groups is 2. The van der Waals surface area contributed by atoms with Gasteiger partial charge in [0.15, 0.2) is 10.8 Å². The lowest BCUT2D eigenvalue weighted by atomic mass is 10.00. The zero-order chi connectivity index (χ0) is 25.7. The maximum Gasteiger partial charge on any atom is 0.305 e. The van der Waals surface area contributed by atoms with Crippen molar-refractivity contribution in [1.29, 1.82) is 5.41 Å². The average Bonchev–Trinajstić information content (AvgIpc) is 3.00. The standard InChI is InChI=1S/C24H28ClN5O4S/c1-13-14(2)35-24-21(13)22(16-4-6-17(25)7-5-16)29-18(23(27)30(24)15(3)26)12-19(31)28-9-11-34-10-8-20(32)33/h4-7,18,26-27H,8-12H2,1-3H3,(H2,28,31,32,33)/p+1/t18-/m0/s1. The number of aliphatic imine (C=N–C) groups is 1. The summed E-state index contributed by atoms with van der Waals surface area (Å²) in [4.78, 5) is 29.3. The number of carboxylic acid groups (broad SMARTS) is 1. The second kappa shape index (κ2) is 11.6. The number of hydrogen-bond donors (Lipinski definition) is 4.